The SMILES string of the molecule is Cn1c(N)nc2cc(CC[C@@]3(C)C[C@@H](n4ccc5c(N)ncnc54)[C@@H]4OC(C)(C)O[C@@H]43)ccc2c1=O. The Bertz CT molecular complexity index is 1560. The van der Waals surface area contributed by atoms with Gasteiger partial charge in [-0.05, 0) is 62.3 Å². The Labute approximate surface area is 208 Å². The highest BCUT2D eigenvalue weighted by Crippen LogP contribution is 2.55. The lowest BCUT2D eigenvalue weighted by Crippen LogP contribution is -2.34. The molecule has 0 amide bonds. The number of nitrogens with zero attached hydrogens (tertiary/aromatic N) is 5. The third-order valence-electron chi connectivity index (χ3n) is 7.93. The van der Waals surface area contributed by atoms with Gasteiger partial charge in [-0.15, -0.1) is 0 Å². The molecule has 10 heteroatoms. The molecular formula is C26H31N7O3. The van der Waals surface area contributed by atoms with Gasteiger partial charge in [0.2, 0.25) is 5.95 Å². The molecule has 2 aliphatic rings. The van der Waals surface area contributed by atoms with Gasteiger partial charge in [-0.25, -0.2) is 15.0 Å². The Morgan fingerprint density at radius 3 is 2.72 bits per heavy atom. The zero-order valence-corrected chi connectivity index (χ0v) is 20.9. The third-order valence-corrected chi connectivity index (χ3v) is 7.93. The van der Waals surface area contributed by atoms with Crippen molar-refractivity contribution in [2.75, 3.05) is 11.5 Å². The summed E-state index contributed by atoms with van der Waals surface area (Å²) < 4.78 is 16.5. The van der Waals surface area contributed by atoms with Crippen LogP contribution in [0.15, 0.2) is 41.6 Å². The fourth-order valence-corrected chi connectivity index (χ4v) is 6.00. The Balaban J connectivity index is 1.32. The number of hydrogen-bond donors (Lipinski definition) is 2. The van der Waals surface area contributed by atoms with Crippen LogP contribution in [-0.2, 0) is 22.9 Å². The molecule has 1 aromatic carbocycles. The minimum absolute atomic E-state index is 0.0506. The van der Waals surface area contributed by atoms with E-state index in [9.17, 15) is 4.79 Å². The van der Waals surface area contributed by atoms with Crippen LogP contribution in [0, 0.1) is 5.41 Å². The minimum atomic E-state index is -0.670. The van der Waals surface area contributed by atoms with Crippen molar-refractivity contribution in [2.24, 2.45) is 12.5 Å². The molecular weight excluding hydrogens is 458 g/mol. The lowest BCUT2D eigenvalue weighted by atomic mass is 9.80. The van der Waals surface area contributed by atoms with Crippen molar-refractivity contribution in [1.29, 1.82) is 0 Å². The van der Waals surface area contributed by atoms with E-state index in [1.54, 1.807) is 7.05 Å². The van der Waals surface area contributed by atoms with Crippen molar-refractivity contribution in [3.05, 3.63) is 52.7 Å². The highest BCUT2D eigenvalue weighted by molar-refractivity contribution is 5.86. The van der Waals surface area contributed by atoms with E-state index in [2.05, 4.69) is 26.4 Å². The maximum atomic E-state index is 12.5. The molecule has 188 valence electrons. The maximum Gasteiger partial charge on any atom is 0.262 e. The number of nitrogen functional groups attached to an aromatic ring is 2. The average molecular weight is 490 g/mol. The summed E-state index contributed by atoms with van der Waals surface area (Å²) in [5, 5.41) is 1.41. The number of fused-ring (bicyclic) bond motifs is 3. The van der Waals surface area contributed by atoms with Crippen LogP contribution >= 0.6 is 0 Å². The van der Waals surface area contributed by atoms with Gasteiger partial charge in [-0.1, -0.05) is 13.0 Å². The molecule has 3 aromatic heterocycles. The molecule has 4 atom stereocenters. The summed E-state index contributed by atoms with van der Waals surface area (Å²) in [6, 6.07) is 7.83. The standard InChI is InChI=1S/C26H31N7O3/c1-25(2)35-19-18(33-10-8-16-21(27)29-13-30-22(16)33)12-26(3,20(19)36-25)9-7-14-5-6-15-17(11-14)31-24(28)32(4)23(15)34/h5-6,8,10-11,13,18-20H,7,9,12H2,1-4H3,(H2,28,31)(H2,27,29,30)/t18-,19+,20+,26+/m1/s1. The molecule has 36 heavy (non-hydrogen) atoms. The van der Waals surface area contributed by atoms with Crippen molar-refractivity contribution in [3.8, 4) is 0 Å². The van der Waals surface area contributed by atoms with Gasteiger partial charge >= 0.3 is 0 Å². The summed E-state index contributed by atoms with van der Waals surface area (Å²) in [4.78, 5) is 25.6. The van der Waals surface area contributed by atoms with E-state index in [-0.39, 0.29) is 35.2 Å². The fraction of sp³-hybridized carbons (Fsp3) is 0.462. The van der Waals surface area contributed by atoms with Gasteiger partial charge in [0.15, 0.2) is 5.79 Å². The van der Waals surface area contributed by atoms with Gasteiger partial charge in [0.05, 0.1) is 28.4 Å². The second-order valence-corrected chi connectivity index (χ2v) is 10.9. The Morgan fingerprint density at radius 2 is 1.92 bits per heavy atom. The number of ether oxygens (including phenoxy) is 2. The second kappa shape index (κ2) is 7.75. The van der Waals surface area contributed by atoms with Gasteiger partial charge in [0.25, 0.3) is 5.56 Å². The molecule has 0 radical (unpaired) electrons. The average Bonchev–Trinajstić information content (AvgIpc) is 3.48. The number of aromatic nitrogens is 5. The van der Waals surface area contributed by atoms with Crippen molar-refractivity contribution in [3.63, 3.8) is 0 Å². The van der Waals surface area contributed by atoms with Crippen LogP contribution in [0.4, 0.5) is 11.8 Å². The topological polar surface area (TPSA) is 136 Å². The van der Waals surface area contributed by atoms with Crippen LogP contribution in [-0.4, -0.2) is 42.1 Å². The lowest BCUT2D eigenvalue weighted by molar-refractivity contribution is -0.168. The van der Waals surface area contributed by atoms with Crippen molar-refractivity contribution < 1.29 is 9.47 Å². The van der Waals surface area contributed by atoms with E-state index < -0.39 is 5.79 Å². The molecule has 1 aliphatic heterocycles. The van der Waals surface area contributed by atoms with Gasteiger partial charge in [0, 0.05) is 13.2 Å². The molecule has 0 unspecified atom stereocenters. The summed E-state index contributed by atoms with van der Waals surface area (Å²) in [6.07, 6.45) is 5.90. The highest BCUT2D eigenvalue weighted by atomic mass is 16.8. The molecule has 0 bridgehead atoms. The van der Waals surface area contributed by atoms with Crippen molar-refractivity contribution >= 4 is 33.7 Å². The van der Waals surface area contributed by atoms with Crippen molar-refractivity contribution in [2.45, 2.75) is 64.1 Å². The van der Waals surface area contributed by atoms with Crippen LogP contribution in [0.3, 0.4) is 0 Å². The monoisotopic (exact) mass is 489 g/mol. The van der Waals surface area contributed by atoms with Crippen LogP contribution < -0.4 is 17.0 Å². The maximum absolute atomic E-state index is 12.5. The second-order valence-electron chi connectivity index (χ2n) is 10.9. The molecule has 1 aliphatic carbocycles. The first kappa shape index (κ1) is 22.9. The molecule has 1 saturated heterocycles. The number of hydrogen-bond acceptors (Lipinski definition) is 8. The van der Waals surface area contributed by atoms with E-state index in [4.69, 9.17) is 20.9 Å². The highest BCUT2D eigenvalue weighted by Gasteiger charge is 2.59. The number of aryl methyl sites for hydroxylation is 1. The molecule has 6 rings (SSSR count). The first-order chi connectivity index (χ1) is 17.1. The first-order valence-electron chi connectivity index (χ1n) is 12.2. The van der Waals surface area contributed by atoms with E-state index >= 15 is 0 Å². The summed E-state index contributed by atoms with van der Waals surface area (Å²) in [7, 11) is 1.63. The number of anilines is 2. The van der Waals surface area contributed by atoms with Gasteiger partial charge in [-0.2, -0.15) is 0 Å². The molecule has 4 heterocycles. The zero-order chi connectivity index (χ0) is 25.4. The van der Waals surface area contributed by atoms with Crippen molar-refractivity contribution in [1.82, 2.24) is 24.1 Å². The van der Waals surface area contributed by atoms with Gasteiger partial charge in [0.1, 0.15) is 23.9 Å². The number of nitrogens with two attached hydrogens (primary N) is 2. The zero-order valence-electron chi connectivity index (χ0n) is 20.9. The lowest BCUT2D eigenvalue weighted by Gasteiger charge is -2.32. The predicted octanol–water partition coefficient (Wildman–Crippen LogP) is 2.95. The summed E-state index contributed by atoms with van der Waals surface area (Å²) >= 11 is 0. The number of benzene rings is 1. The summed E-state index contributed by atoms with van der Waals surface area (Å²) in [5.41, 5.74) is 14.3. The Morgan fingerprint density at radius 1 is 1.11 bits per heavy atom. The quantitative estimate of drug-likeness (QED) is 0.447. The summed E-state index contributed by atoms with van der Waals surface area (Å²) in [6.45, 7) is 6.21. The Kier molecular flexibility index (Phi) is 4.94. The normalized spacial score (nSPS) is 27.2. The minimum Gasteiger partial charge on any atom is -0.383 e. The predicted molar refractivity (Wildman–Crippen MR) is 137 cm³/mol. The van der Waals surface area contributed by atoms with E-state index in [0.29, 0.717) is 16.7 Å². The molecule has 0 spiro atoms. The summed E-state index contributed by atoms with van der Waals surface area (Å²) in [5.74, 6) is 0.0111. The first-order valence-corrected chi connectivity index (χ1v) is 12.2. The van der Waals surface area contributed by atoms with E-state index in [1.165, 1.54) is 10.9 Å². The van der Waals surface area contributed by atoms with Crippen LogP contribution in [0.1, 0.15) is 45.2 Å². The fourth-order valence-electron chi connectivity index (χ4n) is 6.00. The molecule has 10 nitrogen and oxygen atoms in total. The van der Waals surface area contributed by atoms with Crippen LogP contribution in [0.5, 0.6) is 0 Å². The molecule has 1 saturated carbocycles. The molecule has 4 N–H and O–H groups in total. The van der Waals surface area contributed by atoms with Gasteiger partial charge in [-0.3, -0.25) is 9.36 Å². The van der Waals surface area contributed by atoms with E-state index in [1.807, 2.05) is 44.3 Å². The number of rotatable bonds is 4. The van der Waals surface area contributed by atoms with Crippen LogP contribution in [0.2, 0.25) is 0 Å². The third kappa shape index (κ3) is 3.47. The van der Waals surface area contributed by atoms with E-state index in [0.717, 1.165) is 35.9 Å². The van der Waals surface area contributed by atoms with Crippen LogP contribution in [0.25, 0.3) is 21.9 Å². The Hall–Kier alpha value is -3.50. The van der Waals surface area contributed by atoms with Gasteiger partial charge < -0.3 is 25.5 Å². The molecule has 2 fully saturated rings. The largest absolute Gasteiger partial charge is 0.383 e. The molecule has 4 aromatic rings. The smallest absolute Gasteiger partial charge is 0.262 e.